The van der Waals surface area contributed by atoms with Crippen molar-refractivity contribution in [2.24, 2.45) is 0 Å². The fraction of sp³-hybridized carbons (Fsp3) is 0.895. The molecule has 0 radical (unpaired) electrons. The van der Waals surface area contributed by atoms with Crippen LogP contribution >= 0.6 is 0 Å². The Balaban J connectivity index is 3.06. The minimum Gasteiger partial charge on any atom is -0.396 e. The summed E-state index contributed by atoms with van der Waals surface area (Å²) in [5.41, 5.74) is 0. The lowest BCUT2D eigenvalue weighted by molar-refractivity contribution is 0.282. The Morgan fingerprint density at radius 1 is 0.550 bits per heavy atom. The first-order valence-electron chi connectivity index (χ1n) is 8.98. The lowest BCUT2D eigenvalue weighted by Gasteiger charge is -1.99. The molecule has 0 fully saturated rings. The fourth-order valence-corrected chi connectivity index (χ4v) is 2.38. The molecule has 1 nitrogen and oxygen atoms in total. The predicted molar refractivity (Wildman–Crippen MR) is 89.8 cm³/mol. The Bertz CT molecular complexity index is 224. The summed E-state index contributed by atoms with van der Waals surface area (Å²) in [6.45, 7) is 2.62. The van der Waals surface area contributed by atoms with Crippen molar-refractivity contribution in [2.75, 3.05) is 6.61 Å². The molecule has 0 aliphatic heterocycles. The van der Waals surface area contributed by atoms with Crippen LogP contribution in [0.5, 0.6) is 0 Å². The zero-order valence-electron chi connectivity index (χ0n) is 13.8. The molecule has 0 aromatic carbocycles. The van der Waals surface area contributed by atoms with Gasteiger partial charge in [-0.05, 0) is 19.3 Å². The van der Waals surface area contributed by atoms with E-state index in [-0.39, 0.29) is 0 Å². The van der Waals surface area contributed by atoms with Crippen LogP contribution in [-0.2, 0) is 0 Å². The number of hydrogen-bond donors (Lipinski definition) is 1. The van der Waals surface area contributed by atoms with Gasteiger partial charge in [0.2, 0.25) is 0 Å². The van der Waals surface area contributed by atoms with Crippen LogP contribution < -0.4 is 0 Å². The molecule has 0 saturated heterocycles. The molecule has 0 atom stereocenters. The van der Waals surface area contributed by atoms with Crippen LogP contribution in [0.2, 0.25) is 0 Å². The molecule has 0 unspecified atom stereocenters. The summed E-state index contributed by atoms with van der Waals surface area (Å²) >= 11 is 0. The van der Waals surface area contributed by atoms with Crippen molar-refractivity contribution in [2.45, 2.75) is 103 Å². The van der Waals surface area contributed by atoms with Gasteiger partial charge in [0.1, 0.15) is 0 Å². The molecule has 118 valence electrons. The molecule has 1 heteroatoms. The van der Waals surface area contributed by atoms with Gasteiger partial charge in [0.05, 0.1) is 0 Å². The van der Waals surface area contributed by atoms with Gasteiger partial charge in [-0.3, -0.25) is 0 Å². The topological polar surface area (TPSA) is 20.2 Å². The minimum atomic E-state index is 0.355. The number of unbranched alkanes of at least 4 members (excludes halogenated alkanes) is 13. The Morgan fingerprint density at radius 2 is 0.950 bits per heavy atom. The van der Waals surface area contributed by atoms with Crippen molar-refractivity contribution < 1.29 is 5.11 Å². The number of hydrogen-bond acceptors (Lipinski definition) is 1. The van der Waals surface area contributed by atoms with E-state index in [0.717, 1.165) is 19.3 Å². The van der Waals surface area contributed by atoms with E-state index in [2.05, 4.69) is 18.8 Å². The van der Waals surface area contributed by atoms with E-state index < -0.39 is 0 Å². The van der Waals surface area contributed by atoms with E-state index in [1.165, 1.54) is 77.0 Å². The van der Waals surface area contributed by atoms with Gasteiger partial charge in [0.25, 0.3) is 0 Å². The maximum atomic E-state index is 8.67. The molecule has 0 aromatic rings. The molecule has 0 aliphatic rings. The molecule has 0 amide bonds. The second-order valence-electron chi connectivity index (χ2n) is 5.82. The van der Waals surface area contributed by atoms with Crippen molar-refractivity contribution >= 4 is 0 Å². The minimum absolute atomic E-state index is 0.355. The Hall–Kier alpha value is -0.480. The number of aliphatic hydroxyl groups is 1. The molecular formula is C19H36O. The van der Waals surface area contributed by atoms with Gasteiger partial charge < -0.3 is 5.11 Å². The van der Waals surface area contributed by atoms with E-state index in [9.17, 15) is 0 Å². The highest BCUT2D eigenvalue weighted by molar-refractivity contribution is 4.98. The summed E-state index contributed by atoms with van der Waals surface area (Å²) in [5.74, 6) is 6.63. The smallest absolute Gasteiger partial charge is 0.0431 e. The van der Waals surface area contributed by atoms with Gasteiger partial charge in [0, 0.05) is 19.4 Å². The summed E-state index contributed by atoms with van der Waals surface area (Å²) in [4.78, 5) is 0. The van der Waals surface area contributed by atoms with Crippen LogP contribution in [0, 0.1) is 11.8 Å². The van der Waals surface area contributed by atoms with Crippen molar-refractivity contribution in [3.05, 3.63) is 0 Å². The van der Waals surface area contributed by atoms with Gasteiger partial charge in [-0.15, -0.1) is 11.8 Å². The SMILES string of the molecule is CCCCCCCCC#CCCCCCCCCCO. The first-order chi connectivity index (χ1) is 9.91. The predicted octanol–water partition coefficient (Wildman–Crippen LogP) is 5.85. The van der Waals surface area contributed by atoms with Gasteiger partial charge in [0.15, 0.2) is 0 Å². The summed E-state index contributed by atoms with van der Waals surface area (Å²) in [5, 5.41) is 8.67. The van der Waals surface area contributed by atoms with Gasteiger partial charge in [-0.1, -0.05) is 71.1 Å². The monoisotopic (exact) mass is 280 g/mol. The number of aliphatic hydroxyl groups excluding tert-OH is 1. The average molecular weight is 280 g/mol. The molecule has 20 heavy (non-hydrogen) atoms. The lowest BCUT2D eigenvalue weighted by Crippen LogP contribution is -1.84. The molecule has 0 heterocycles. The molecular weight excluding hydrogens is 244 g/mol. The highest BCUT2D eigenvalue weighted by Crippen LogP contribution is 2.08. The molecule has 0 bridgehead atoms. The van der Waals surface area contributed by atoms with Crippen molar-refractivity contribution in [1.29, 1.82) is 0 Å². The zero-order chi connectivity index (χ0) is 14.7. The van der Waals surface area contributed by atoms with Crippen LogP contribution in [0.25, 0.3) is 0 Å². The molecule has 1 N–H and O–H groups in total. The standard InChI is InChI=1S/C19H36O/c1-2-3-4-5-6-7-8-9-10-11-12-13-14-15-16-17-18-19-20/h20H,2-8,11-19H2,1H3. The molecule has 0 aromatic heterocycles. The first kappa shape index (κ1) is 19.5. The zero-order valence-corrected chi connectivity index (χ0v) is 13.8. The van der Waals surface area contributed by atoms with Crippen LogP contribution in [0.15, 0.2) is 0 Å². The van der Waals surface area contributed by atoms with Crippen LogP contribution in [-0.4, -0.2) is 11.7 Å². The summed E-state index contributed by atoms with van der Waals surface area (Å²) < 4.78 is 0. The van der Waals surface area contributed by atoms with Crippen LogP contribution in [0.1, 0.15) is 103 Å². The summed E-state index contributed by atoms with van der Waals surface area (Å²) in [6, 6.07) is 0. The second-order valence-corrected chi connectivity index (χ2v) is 5.82. The maximum absolute atomic E-state index is 8.67. The third kappa shape index (κ3) is 17.5. The van der Waals surface area contributed by atoms with Gasteiger partial charge >= 0.3 is 0 Å². The van der Waals surface area contributed by atoms with Crippen molar-refractivity contribution in [3.8, 4) is 11.8 Å². The van der Waals surface area contributed by atoms with E-state index in [4.69, 9.17) is 5.11 Å². The van der Waals surface area contributed by atoms with Crippen LogP contribution in [0.4, 0.5) is 0 Å². The van der Waals surface area contributed by atoms with Gasteiger partial charge in [-0.25, -0.2) is 0 Å². The fourth-order valence-electron chi connectivity index (χ4n) is 2.38. The quantitative estimate of drug-likeness (QED) is 0.312. The highest BCUT2D eigenvalue weighted by atomic mass is 16.2. The Labute approximate surface area is 127 Å². The Morgan fingerprint density at radius 3 is 1.40 bits per heavy atom. The van der Waals surface area contributed by atoms with E-state index >= 15 is 0 Å². The molecule has 0 aliphatic carbocycles. The lowest BCUT2D eigenvalue weighted by atomic mass is 10.1. The average Bonchev–Trinajstić information content (AvgIpc) is 2.47. The van der Waals surface area contributed by atoms with E-state index in [1.54, 1.807) is 0 Å². The maximum Gasteiger partial charge on any atom is 0.0431 e. The van der Waals surface area contributed by atoms with E-state index in [0.29, 0.717) is 6.61 Å². The second kappa shape index (κ2) is 18.5. The van der Waals surface area contributed by atoms with Gasteiger partial charge in [-0.2, -0.15) is 0 Å². The summed E-state index contributed by atoms with van der Waals surface area (Å²) in [7, 11) is 0. The molecule has 0 saturated carbocycles. The van der Waals surface area contributed by atoms with Crippen molar-refractivity contribution in [1.82, 2.24) is 0 Å². The van der Waals surface area contributed by atoms with Crippen LogP contribution in [0.3, 0.4) is 0 Å². The van der Waals surface area contributed by atoms with E-state index in [1.807, 2.05) is 0 Å². The first-order valence-corrected chi connectivity index (χ1v) is 8.98. The summed E-state index contributed by atoms with van der Waals surface area (Å²) in [6.07, 6.45) is 19.1. The third-order valence-electron chi connectivity index (χ3n) is 3.74. The van der Waals surface area contributed by atoms with Crippen molar-refractivity contribution in [3.63, 3.8) is 0 Å². The highest BCUT2D eigenvalue weighted by Gasteiger charge is 1.91. The largest absolute Gasteiger partial charge is 0.396 e. The molecule has 0 rings (SSSR count). The normalized spacial score (nSPS) is 10.3. The Kier molecular flexibility index (Phi) is 18.1. The third-order valence-corrected chi connectivity index (χ3v) is 3.74. The number of rotatable bonds is 14. The molecule has 0 spiro atoms.